The van der Waals surface area contributed by atoms with Gasteiger partial charge >= 0.3 is 0 Å². The van der Waals surface area contributed by atoms with Gasteiger partial charge in [0.25, 0.3) is 5.91 Å². The SMILES string of the molecule is O=C(Nc1ccc(N2CCOCC2)nc1)c1c[nH]c2ccccc2c1=O. The smallest absolute Gasteiger partial charge is 0.261 e. The minimum Gasteiger partial charge on any atom is -0.378 e. The van der Waals surface area contributed by atoms with Crippen molar-refractivity contribution in [2.45, 2.75) is 0 Å². The normalized spacial score (nSPS) is 14.4. The standard InChI is InChI=1S/C19H18N4O3/c24-18-14-3-1-2-4-16(14)20-12-15(18)19(25)22-13-5-6-17(21-11-13)23-7-9-26-10-8-23/h1-6,11-12H,7-10H2,(H,20,24)(H,22,25). The van der Waals surface area contributed by atoms with Crippen LogP contribution in [-0.4, -0.2) is 42.2 Å². The van der Waals surface area contributed by atoms with Crippen LogP contribution in [0.5, 0.6) is 0 Å². The Bertz CT molecular complexity index is 992. The average Bonchev–Trinajstić information content (AvgIpc) is 2.69. The molecule has 0 saturated carbocycles. The first-order valence-electron chi connectivity index (χ1n) is 8.43. The molecule has 7 heteroatoms. The Balaban J connectivity index is 1.53. The van der Waals surface area contributed by atoms with Gasteiger partial charge in [0.15, 0.2) is 0 Å². The Morgan fingerprint density at radius 3 is 2.73 bits per heavy atom. The maximum absolute atomic E-state index is 12.5. The third-order valence-corrected chi connectivity index (χ3v) is 4.37. The minimum atomic E-state index is -0.460. The first kappa shape index (κ1) is 16.3. The highest BCUT2D eigenvalue weighted by molar-refractivity contribution is 6.05. The van der Waals surface area contributed by atoms with Crippen molar-refractivity contribution in [3.63, 3.8) is 0 Å². The number of pyridine rings is 2. The van der Waals surface area contributed by atoms with Crippen LogP contribution in [-0.2, 0) is 4.74 Å². The van der Waals surface area contributed by atoms with Crippen molar-refractivity contribution in [1.82, 2.24) is 9.97 Å². The van der Waals surface area contributed by atoms with Crippen molar-refractivity contribution in [1.29, 1.82) is 0 Å². The number of hydrogen-bond donors (Lipinski definition) is 2. The molecule has 1 fully saturated rings. The lowest BCUT2D eigenvalue weighted by molar-refractivity contribution is 0.102. The van der Waals surface area contributed by atoms with Crippen molar-refractivity contribution in [2.75, 3.05) is 36.5 Å². The molecule has 7 nitrogen and oxygen atoms in total. The Morgan fingerprint density at radius 2 is 1.96 bits per heavy atom. The van der Waals surface area contributed by atoms with Crippen LogP contribution in [0.4, 0.5) is 11.5 Å². The number of fused-ring (bicyclic) bond motifs is 1. The number of aromatic amines is 1. The molecule has 3 heterocycles. The number of carbonyl (C=O) groups is 1. The van der Waals surface area contributed by atoms with E-state index in [0.29, 0.717) is 29.8 Å². The summed E-state index contributed by atoms with van der Waals surface area (Å²) in [7, 11) is 0. The highest BCUT2D eigenvalue weighted by Gasteiger charge is 2.15. The van der Waals surface area contributed by atoms with Crippen molar-refractivity contribution < 1.29 is 9.53 Å². The second-order valence-corrected chi connectivity index (χ2v) is 6.04. The molecule has 2 N–H and O–H groups in total. The molecule has 1 aliphatic heterocycles. The number of ether oxygens (including phenoxy) is 1. The monoisotopic (exact) mass is 350 g/mol. The van der Waals surface area contributed by atoms with E-state index in [0.717, 1.165) is 18.9 Å². The average molecular weight is 350 g/mol. The van der Waals surface area contributed by atoms with Gasteiger partial charge in [-0.3, -0.25) is 9.59 Å². The molecule has 1 saturated heterocycles. The van der Waals surface area contributed by atoms with Gasteiger partial charge in [-0.05, 0) is 24.3 Å². The molecule has 4 rings (SSSR count). The molecule has 1 aromatic carbocycles. The van der Waals surface area contributed by atoms with E-state index < -0.39 is 5.91 Å². The Morgan fingerprint density at radius 1 is 1.15 bits per heavy atom. The number of benzene rings is 1. The van der Waals surface area contributed by atoms with Gasteiger partial charge in [-0.1, -0.05) is 12.1 Å². The lowest BCUT2D eigenvalue weighted by atomic mass is 10.1. The summed E-state index contributed by atoms with van der Waals surface area (Å²) in [6.45, 7) is 2.96. The summed E-state index contributed by atoms with van der Waals surface area (Å²) in [6, 6.07) is 10.7. The van der Waals surface area contributed by atoms with Crippen LogP contribution in [0.15, 0.2) is 53.6 Å². The van der Waals surface area contributed by atoms with Gasteiger partial charge in [0.1, 0.15) is 11.4 Å². The van der Waals surface area contributed by atoms with Gasteiger partial charge in [-0.25, -0.2) is 4.98 Å². The number of nitrogens with zero attached hydrogens (tertiary/aromatic N) is 2. The molecule has 0 aliphatic carbocycles. The fraction of sp³-hybridized carbons (Fsp3) is 0.211. The molecule has 0 spiro atoms. The molecular formula is C19H18N4O3. The lowest BCUT2D eigenvalue weighted by Gasteiger charge is -2.27. The van der Waals surface area contributed by atoms with E-state index in [2.05, 4.69) is 20.2 Å². The fourth-order valence-electron chi connectivity index (χ4n) is 2.97. The zero-order chi connectivity index (χ0) is 17.9. The van der Waals surface area contributed by atoms with Crippen LogP contribution >= 0.6 is 0 Å². The van der Waals surface area contributed by atoms with E-state index in [4.69, 9.17) is 4.74 Å². The van der Waals surface area contributed by atoms with E-state index in [1.54, 1.807) is 30.5 Å². The number of H-pyrrole nitrogens is 1. The Hall–Kier alpha value is -3.19. The number of anilines is 2. The van der Waals surface area contributed by atoms with Gasteiger partial charge < -0.3 is 19.9 Å². The number of rotatable bonds is 3. The highest BCUT2D eigenvalue weighted by atomic mass is 16.5. The second kappa shape index (κ2) is 6.97. The highest BCUT2D eigenvalue weighted by Crippen LogP contribution is 2.16. The third-order valence-electron chi connectivity index (χ3n) is 4.37. The van der Waals surface area contributed by atoms with Crippen LogP contribution in [0.25, 0.3) is 10.9 Å². The molecule has 2 aromatic heterocycles. The quantitative estimate of drug-likeness (QED) is 0.754. The maximum atomic E-state index is 12.5. The Kier molecular flexibility index (Phi) is 4.37. The molecular weight excluding hydrogens is 332 g/mol. The largest absolute Gasteiger partial charge is 0.378 e. The van der Waals surface area contributed by atoms with Crippen LogP contribution in [0, 0.1) is 0 Å². The Labute approximate surface area is 149 Å². The number of morpholine rings is 1. The zero-order valence-electron chi connectivity index (χ0n) is 14.1. The molecule has 26 heavy (non-hydrogen) atoms. The van der Waals surface area contributed by atoms with Crippen molar-refractivity contribution >= 4 is 28.3 Å². The molecule has 3 aromatic rings. The van der Waals surface area contributed by atoms with Gasteiger partial charge in [0.05, 0.1) is 25.1 Å². The summed E-state index contributed by atoms with van der Waals surface area (Å²) in [5, 5.41) is 3.22. The van der Waals surface area contributed by atoms with Crippen molar-refractivity contribution in [3.8, 4) is 0 Å². The summed E-state index contributed by atoms with van der Waals surface area (Å²) >= 11 is 0. The molecule has 0 bridgehead atoms. The van der Waals surface area contributed by atoms with Gasteiger partial charge in [-0.15, -0.1) is 0 Å². The van der Waals surface area contributed by atoms with E-state index in [1.807, 2.05) is 12.1 Å². The summed E-state index contributed by atoms with van der Waals surface area (Å²) in [5.41, 5.74) is 1.01. The summed E-state index contributed by atoms with van der Waals surface area (Å²) in [6.07, 6.45) is 3.04. The van der Waals surface area contributed by atoms with Crippen molar-refractivity contribution in [2.24, 2.45) is 0 Å². The molecule has 1 amide bonds. The van der Waals surface area contributed by atoms with E-state index in [1.165, 1.54) is 6.20 Å². The molecule has 0 atom stereocenters. The second-order valence-electron chi connectivity index (χ2n) is 6.04. The number of para-hydroxylation sites is 1. The van der Waals surface area contributed by atoms with Gasteiger partial charge in [-0.2, -0.15) is 0 Å². The number of carbonyl (C=O) groups excluding carboxylic acids is 1. The van der Waals surface area contributed by atoms with Crippen LogP contribution < -0.4 is 15.6 Å². The number of nitrogens with one attached hydrogen (secondary N) is 2. The topological polar surface area (TPSA) is 87.3 Å². The van der Waals surface area contributed by atoms with Gasteiger partial charge in [0.2, 0.25) is 5.43 Å². The predicted molar refractivity (Wildman–Crippen MR) is 99.8 cm³/mol. The molecule has 0 radical (unpaired) electrons. The minimum absolute atomic E-state index is 0.0703. The maximum Gasteiger partial charge on any atom is 0.261 e. The first-order valence-corrected chi connectivity index (χ1v) is 8.43. The summed E-state index contributed by atoms with van der Waals surface area (Å²) in [5.74, 6) is 0.382. The van der Waals surface area contributed by atoms with Gasteiger partial charge in [0, 0.05) is 30.2 Å². The molecule has 132 valence electrons. The van der Waals surface area contributed by atoms with E-state index in [-0.39, 0.29) is 11.0 Å². The van der Waals surface area contributed by atoms with Crippen LogP contribution in [0.3, 0.4) is 0 Å². The number of aromatic nitrogens is 2. The summed E-state index contributed by atoms with van der Waals surface area (Å²) < 4.78 is 5.33. The van der Waals surface area contributed by atoms with Crippen LogP contribution in [0.1, 0.15) is 10.4 Å². The molecule has 1 aliphatic rings. The fourth-order valence-corrected chi connectivity index (χ4v) is 2.97. The predicted octanol–water partition coefficient (Wildman–Crippen LogP) is 2.01. The van der Waals surface area contributed by atoms with Crippen LogP contribution in [0.2, 0.25) is 0 Å². The first-order chi connectivity index (χ1) is 12.7. The van der Waals surface area contributed by atoms with Crippen molar-refractivity contribution in [3.05, 3.63) is 64.6 Å². The molecule has 0 unspecified atom stereocenters. The third kappa shape index (κ3) is 3.16. The number of hydrogen-bond acceptors (Lipinski definition) is 5. The summed E-state index contributed by atoms with van der Waals surface area (Å²) in [4.78, 5) is 34.5. The zero-order valence-corrected chi connectivity index (χ0v) is 14.1. The number of amides is 1. The van der Waals surface area contributed by atoms with E-state index >= 15 is 0 Å². The van der Waals surface area contributed by atoms with E-state index in [9.17, 15) is 9.59 Å². The lowest BCUT2D eigenvalue weighted by Crippen LogP contribution is -2.36.